The molecule has 21 heavy (non-hydrogen) atoms. The Kier molecular flexibility index (Phi) is 6.59. The molecule has 1 aromatic heterocycles. The molecular formula is C20H29N. The van der Waals surface area contributed by atoms with E-state index in [-0.39, 0.29) is 0 Å². The summed E-state index contributed by atoms with van der Waals surface area (Å²) in [5.41, 5.74) is 2.60. The molecule has 0 saturated carbocycles. The van der Waals surface area contributed by atoms with E-state index in [9.17, 15) is 0 Å². The van der Waals surface area contributed by atoms with Crippen LogP contribution in [-0.2, 0) is 6.54 Å². The van der Waals surface area contributed by atoms with Gasteiger partial charge in [0.25, 0.3) is 0 Å². The second kappa shape index (κ2) is 8.71. The van der Waals surface area contributed by atoms with Crippen LogP contribution in [0.2, 0.25) is 0 Å². The van der Waals surface area contributed by atoms with E-state index in [1.54, 1.807) is 0 Å². The Labute approximate surface area is 129 Å². The minimum atomic E-state index is 1.13. The van der Waals surface area contributed by atoms with Crippen LogP contribution in [0.3, 0.4) is 0 Å². The van der Waals surface area contributed by atoms with Crippen molar-refractivity contribution < 1.29 is 0 Å². The smallest absolute Gasteiger partial charge is 0.0486 e. The van der Waals surface area contributed by atoms with E-state index in [1.807, 2.05) is 6.08 Å². The van der Waals surface area contributed by atoms with Gasteiger partial charge in [0.2, 0.25) is 0 Å². The number of fused-ring (bicyclic) bond motifs is 1. The zero-order valence-corrected chi connectivity index (χ0v) is 13.5. The van der Waals surface area contributed by atoms with E-state index in [4.69, 9.17) is 0 Å². The maximum atomic E-state index is 3.93. The summed E-state index contributed by atoms with van der Waals surface area (Å²) in [6, 6.07) is 8.64. The third kappa shape index (κ3) is 4.49. The molecule has 114 valence electrons. The van der Waals surface area contributed by atoms with Crippen LogP contribution in [0.5, 0.6) is 0 Å². The first kappa shape index (κ1) is 15.9. The first-order chi connectivity index (χ1) is 10.4. The van der Waals surface area contributed by atoms with Crippen LogP contribution < -0.4 is 0 Å². The van der Waals surface area contributed by atoms with Crippen LogP contribution in [-0.4, -0.2) is 4.57 Å². The standard InChI is InChI=1S/C20H29N/c1-3-5-6-7-8-9-10-13-16-21-17-18(4-2)19-14-11-12-15-20(19)21/h4,11-12,14-15,17H,2-3,5-10,13,16H2,1H3. The topological polar surface area (TPSA) is 4.93 Å². The predicted molar refractivity (Wildman–Crippen MR) is 94.6 cm³/mol. The van der Waals surface area contributed by atoms with Crippen molar-refractivity contribution in [2.75, 3.05) is 0 Å². The fraction of sp³-hybridized carbons (Fsp3) is 0.500. The molecule has 0 spiro atoms. The molecule has 0 atom stereocenters. The van der Waals surface area contributed by atoms with Gasteiger partial charge in [-0.1, -0.05) is 82.7 Å². The number of aryl methyl sites for hydroxylation is 1. The van der Waals surface area contributed by atoms with Gasteiger partial charge in [-0.3, -0.25) is 0 Å². The molecule has 0 N–H and O–H groups in total. The number of unbranched alkanes of at least 4 members (excludes halogenated alkanes) is 7. The number of hydrogen-bond donors (Lipinski definition) is 0. The molecule has 0 saturated heterocycles. The van der Waals surface area contributed by atoms with Gasteiger partial charge in [-0.2, -0.15) is 0 Å². The van der Waals surface area contributed by atoms with Gasteiger partial charge in [-0.25, -0.2) is 0 Å². The van der Waals surface area contributed by atoms with Crippen LogP contribution in [0.25, 0.3) is 17.0 Å². The number of benzene rings is 1. The van der Waals surface area contributed by atoms with Gasteiger partial charge in [0.05, 0.1) is 0 Å². The van der Waals surface area contributed by atoms with Gasteiger partial charge < -0.3 is 4.57 Å². The lowest BCUT2D eigenvalue weighted by atomic mass is 10.1. The van der Waals surface area contributed by atoms with E-state index in [0.29, 0.717) is 0 Å². The number of para-hydroxylation sites is 1. The molecule has 0 aliphatic carbocycles. The van der Waals surface area contributed by atoms with Crippen molar-refractivity contribution in [3.8, 4) is 0 Å². The molecular weight excluding hydrogens is 254 g/mol. The second-order valence-corrected chi connectivity index (χ2v) is 5.97. The Hall–Kier alpha value is -1.50. The first-order valence-corrected chi connectivity index (χ1v) is 8.57. The highest BCUT2D eigenvalue weighted by molar-refractivity contribution is 5.89. The summed E-state index contributed by atoms with van der Waals surface area (Å²) < 4.78 is 2.39. The van der Waals surface area contributed by atoms with Crippen molar-refractivity contribution in [2.45, 2.75) is 64.8 Å². The summed E-state index contributed by atoms with van der Waals surface area (Å²) in [7, 11) is 0. The minimum absolute atomic E-state index is 1.13. The number of rotatable bonds is 10. The zero-order chi connectivity index (χ0) is 14.9. The van der Waals surface area contributed by atoms with E-state index in [1.165, 1.54) is 67.8 Å². The Morgan fingerprint density at radius 1 is 0.952 bits per heavy atom. The van der Waals surface area contributed by atoms with Gasteiger partial charge >= 0.3 is 0 Å². The summed E-state index contributed by atoms with van der Waals surface area (Å²) in [6.07, 6.45) is 15.2. The molecule has 1 heterocycles. The van der Waals surface area contributed by atoms with Crippen molar-refractivity contribution in [1.29, 1.82) is 0 Å². The van der Waals surface area contributed by atoms with Crippen LogP contribution >= 0.6 is 0 Å². The third-order valence-electron chi connectivity index (χ3n) is 4.29. The molecule has 1 aromatic carbocycles. The molecule has 0 aliphatic rings. The van der Waals surface area contributed by atoms with Gasteiger partial charge in [0.1, 0.15) is 0 Å². The summed E-state index contributed by atoms with van der Waals surface area (Å²) >= 11 is 0. The number of aromatic nitrogens is 1. The third-order valence-corrected chi connectivity index (χ3v) is 4.29. The number of nitrogens with zero attached hydrogens (tertiary/aromatic N) is 1. The van der Waals surface area contributed by atoms with Gasteiger partial charge in [-0.15, -0.1) is 0 Å². The van der Waals surface area contributed by atoms with Crippen LogP contribution in [0.1, 0.15) is 63.9 Å². The SMILES string of the molecule is C=Cc1cn(CCCCCCCCCC)c2ccccc12. The highest BCUT2D eigenvalue weighted by Gasteiger charge is 2.04. The lowest BCUT2D eigenvalue weighted by Crippen LogP contribution is -1.95. The molecule has 1 nitrogen and oxygen atoms in total. The average Bonchev–Trinajstić information content (AvgIpc) is 2.88. The lowest BCUT2D eigenvalue weighted by molar-refractivity contribution is 0.549. The van der Waals surface area contributed by atoms with Crippen LogP contribution in [0.4, 0.5) is 0 Å². The quantitative estimate of drug-likeness (QED) is 0.443. The Balaban J connectivity index is 1.77. The fourth-order valence-electron chi connectivity index (χ4n) is 3.04. The van der Waals surface area contributed by atoms with Crippen LogP contribution in [0.15, 0.2) is 37.0 Å². The van der Waals surface area contributed by atoms with Gasteiger partial charge in [0, 0.05) is 23.6 Å². The Morgan fingerprint density at radius 3 is 2.33 bits per heavy atom. The maximum Gasteiger partial charge on any atom is 0.0486 e. The first-order valence-electron chi connectivity index (χ1n) is 8.57. The largest absolute Gasteiger partial charge is 0.347 e. The van der Waals surface area contributed by atoms with E-state index in [0.717, 1.165) is 6.54 Å². The minimum Gasteiger partial charge on any atom is -0.347 e. The maximum absolute atomic E-state index is 3.93. The fourth-order valence-corrected chi connectivity index (χ4v) is 3.04. The molecule has 0 amide bonds. The molecule has 0 aliphatic heterocycles. The molecule has 1 heteroatoms. The Bertz CT molecular complexity index is 550. The molecule has 2 rings (SSSR count). The van der Waals surface area contributed by atoms with Gasteiger partial charge in [0.15, 0.2) is 0 Å². The predicted octanol–water partition coefficient (Wildman–Crippen LogP) is 6.43. The van der Waals surface area contributed by atoms with E-state index in [2.05, 4.69) is 48.5 Å². The normalized spacial score (nSPS) is 11.1. The van der Waals surface area contributed by atoms with Crippen LogP contribution in [0, 0.1) is 0 Å². The molecule has 0 unspecified atom stereocenters. The molecule has 0 bridgehead atoms. The molecule has 0 radical (unpaired) electrons. The van der Waals surface area contributed by atoms with Crippen molar-refractivity contribution in [3.05, 3.63) is 42.6 Å². The monoisotopic (exact) mass is 283 g/mol. The van der Waals surface area contributed by atoms with E-state index >= 15 is 0 Å². The van der Waals surface area contributed by atoms with Crippen molar-refractivity contribution in [1.82, 2.24) is 4.57 Å². The summed E-state index contributed by atoms with van der Waals surface area (Å²) in [5.74, 6) is 0. The highest BCUT2D eigenvalue weighted by atomic mass is 15.0. The highest BCUT2D eigenvalue weighted by Crippen LogP contribution is 2.22. The summed E-state index contributed by atoms with van der Waals surface area (Å²) in [6.45, 7) is 7.33. The van der Waals surface area contributed by atoms with Crippen molar-refractivity contribution in [2.24, 2.45) is 0 Å². The molecule has 0 fully saturated rings. The Morgan fingerprint density at radius 2 is 1.62 bits per heavy atom. The summed E-state index contributed by atoms with van der Waals surface area (Å²) in [5, 5.41) is 1.33. The second-order valence-electron chi connectivity index (χ2n) is 5.97. The lowest BCUT2D eigenvalue weighted by Gasteiger charge is -2.05. The molecule has 2 aromatic rings. The van der Waals surface area contributed by atoms with E-state index < -0.39 is 0 Å². The van der Waals surface area contributed by atoms with Gasteiger partial charge in [-0.05, 0) is 18.1 Å². The zero-order valence-electron chi connectivity index (χ0n) is 13.5. The average molecular weight is 283 g/mol. The number of hydrogen-bond acceptors (Lipinski definition) is 0. The summed E-state index contributed by atoms with van der Waals surface area (Å²) in [4.78, 5) is 0. The van der Waals surface area contributed by atoms with Crippen molar-refractivity contribution in [3.63, 3.8) is 0 Å². The van der Waals surface area contributed by atoms with Crippen molar-refractivity contribution >= 4 is 17.0 Å².